The van der Waals surface area contributed by atoms with Crippen LogP contribution in [0.25, 0.3) is 0 Å². The Balaban J connectivity index is -0.000000720. The fourth-order valence-electron chi connectivity index (χ4n) is 0.556. The van der Waals surface area contributed by atoms with Gasteiger partial charge < -0.3 is 6.16 Å². The zero-order chi connectivity index (χ0) is 10.3. The molecule has 0 aliphatic carbocycles. The molecule has 80 valence electrons. The molecule has 0 aromatic rings. The van der Waals surface area contributed by atoms with Crippen LogP contribution < -0.4 is 51.4 Å². The van der Waals surface area contributed by atoms with E-state index in [-0.39, 0.29) is 58.6 Å². The molecule has 14 heavy (non-hydrogen) atoms. The molecule has 0 aromatic carbocycles. The van der Waals surface area contributed by atoms with Crippen LogP contribution in [0.3, 0.4) is 0 Å². The van der Waals surface area contributed by atoms with Gasteiger partial charge in [0, 0.05) is 5.75 Å². The van der Waals surface area contributed by atoms with Gasteiger partial charge in [-0.05, 0) is 25.6 Å². The number of hydrogen-bond acceptors (Lipinski definition) is 5. The first-order valence-electron chi connectivity index (χ1n) is 3.70. The van der Waals surface area contributed by atoms with Gasteiger partial charge in [0.05, 0.1) is 12.4 Å². The fraction of sp³-hybridized carbons (Fsp3) is 0.833. The minimum atomic E-state index is -3.83. The second-order valence-corrected chi connectivity index (χ2v) is 5.44. The molecule has 0 amide bonds. The number of ether oxygens (including phenoxy) is 1. The van der Waals surface area contributed by atoms with Gasteiger partial charge in [-0.2, -0.15) is 8.42 Å². The maximum absolute atomic E-state index is 10.3. The molecule has 0 aromatic heterocycles. The van der Waals surface area contributed by atoms with Crippen molar-refractivity contribution in [3.8, 4) is 0 Å². The first-order valence-corrected chi connectivity index (χ1v) is 6.70. The normalized spacial score (nSPS) is 10.4. The molecule has 0 fully saturated rings. The van der Waals surface area contributed by atoms with Crippen LogP contribution in [0.1, 0.15) is 14.8 Å². The van der Waals surface area contributed by atoms with E-state index in [0.29, 0.717) is 23.2 Å². The third-order valence-corrected chi connectivity index (χ3v) is 3.15. The van der Waals surface area contributed by atoms with Gasteiger partial charge in [0.15, 0.2) is 0 Å². The van der Waals surface area contributed by atoms with Crippen molar-refractivity contribution in [3.05, 3.63) is 0 Å². The quantitative estimate of drug-likeness (QED) is 0.285. The summed E-state index contributed by atoms with van der Waals surface area (Å²) in [5, 5.41) is 0. The van der Waals surface area contributed by atoms with Crippen molar-refractivity contribution in [1.29, 1.82) is 0 Å². The Kier molecular flexibility index (Phi) is 12.9. The predicted octanol–water partition coefficient (Wildman–Crippen LogP) is -1.56. The zero-order valence-electron chi connectivity index (χ0n) is 9.23. The van der Waals surface area contributed by atoms with Crippen molar-refractivity contribution in [2.45, 2.75) is 13.3 Å². The van der Waals surface area contributed by atoms with Crippen molar-refractivity contribution in [2.24, 2.45) is 0 Å². The molecule has 0 rings (SSSR count). The summed E-state index contributed by atoms with van der Waals surface area (Å²) in [5.41, 5.74) is 0. The molecule has 0 heterocycles. The van der Waals surface area contributed by atoms with E-state index in [1.165, 1.54) is 11.8 Å². The van der Waals surface area contributed by atoms with Gasteiger partial charge in [-0.15, -0.1) is 0 Å². The molecule has 0 bridgehead atoms. The molecule has 1 N–H and O–H groups in total. The van der Waals surface area contributed by atoms with E-state index >= 15 is 0 Å². The van der Waals surface area contributed by atoms with E-state index in [1.807, 2.05) is 6.92 Å². The number of rotatable bonds is 5. The first-order chi connectivity index (χ1) is 5.95. The van der Waals surface area contributed by atoms with E-state index in [2.05, 4.69) is 0 Å². The average molecular weight is 284 g/mol. The maximum atomic E-state index is 10.3. The third kappa shape index (κ3) is 13.8. The Morgan fingerprint density at radius 1 is 1.64 bits per heavy atom. The maximum Gasteiger partial charge on any atom is 1.00 e. The molecule has 0 aliphatic rings. The van der Waals surface area contributed by atoms with Crippen molar-refractivity contribution >= 4 is 38.5 Å². The summed E-state index contributed by atoms with van der Waals surface area (Å²) in [5.74, 6) is 0.313. The Bertz CT molecular complexity index is 257. The van der Waals surface area contributed by atoms with Gasteiger partial charge in [-0.3, -0.25) is 4.55 Å². The van der Waals surface area contributed by atoms with Gasteiger partial charge in [-0.25, -0.2) is 0 Å². The van der Waals surface area contributed by atoms with Crippen LogP contribution >= 0.6 is 24.0 Å². The molecular formula is C6H13KO4S3. The molecule has 0 spiro atoms. The predicted molar refractivity (Wildman–Crippen MR) is 58.8 cm³/mol. The van der Waals surface area contributed by atoms with Gasteiger partial charge in [0.25, 0.3) is 10.1 Å². The van der Waals surface area contributed by atoms with Crippen LogP contribution in [0.15, 0.2) is 0 Å². The van der Waals surface area contributed by atoms with Crippen molar-refractivity contribution in [3.63, 3.8) is 0 Å². The average Bonchev–Trinajstić information content (AvgIpc) is 1.97. The van der Waals surface area contributed by atoms with Gasteiger partial charge in [0.1, 0.15) is 0 Å². The Labute approximate surface area is 138 Å². The molecule has 0 saturated carbocycles. The van der Waals surface area contributed by atoms with Crippen LogP contribution in [0.4, 0.5) is 0 Å². The third-order valence-electron chi connectivity index (χ3n) is 1.03. The summed E-state index contributed by atoms with van der Waals surface area (Å²) in [4.78, 5) is 0. The van der Waals surface area contributed by atoms with Gasteiger partial charge in [0.2, 0.25) is 4.38 Å². The molecule has 4 nitrogen and oxygen atoms in total. The summed E-state index contributed by atoms with van der Waals surface area (Å²) in [6.45, 7) is 2.34. The Morgan fingerprint density at radius 3 is 2.64 bits per heavy atom. The Hall–Kier alpha value is 1.79. The standard InChI is InChI=1S/C6H12O4S3.K.H/c1-2-10-6(11)12-4-3-5-13(7,8)9;;/h2-5H2,1H3,(H,7,8,9);;/q;+1;-1. The van der Waals surface area contributed by atoms with Gasteiger partial charge in [-0.1, -0.05) is 11.8 Å². The van der Waals surface area contributed by atoms with E-state index < -0.39 is 10.1 Å². The fourth-order valence-corrected chi connectivity index (χ4v) is 2.27. The van der Waals surface area contributed by atoms with E-state index in [4.69, 9.17) is 21.5 Å². The van der Waals surface area contributed by atoms with Crippen LogP contribution in [-0.2, 0) is 14.9 Å². The van der Waals surface area contributed by atoms with Crippen LogP contribution in [0.5, 0.6) is 0 Å². The second kappa shape index (κ2) is 9.97. The van der Waals surface area contributed by atoms with E-state index in [1.54, 1.807) is 0 Å². The largest absolute Gasteiger partial charge is 1.00 e. The monoisotopic (exact) mass is 284 g/mol. The minimum absolute atomic E-state index is 0. The van der Waals surface area contributed by atoms with Crippen LogP contribution in [0.2, 0.25) is 0 Å². The smallest absolute Gasteiger partial charge is 1.00 e. The first kappa shape index (κ1) is 18.2. The summed E-state index contributed by atoms with van der Waals surface area (Å²) in [7, 11) is -3.83. The molecule has 0 radical (unpaired) electrons. The van der Waals surface area contributed by atoms with Crippen LogP contribution in [-0.4, -0.2) is 35.5 Å². The van der Waals surface area contributed by atoms with Crippen molar-refractivity contribution < 1.29 is 70.5 Å². The molecule has 0 aliphatic heterocycles. The number of thioether (sulfide) groups is 1. The van der Waals surface area contributed by atoms with Gasteiger partial charge >= 0.3 is 51.4 Å². The zero-order valence-corrected chi connectivity index (χ0v) is 13.8. The molecule has 0 saturated heterocycles. The minimum Gasteiger partial charge on any atom is -1.00 e. The summed E-state index contributed by atoms with van der Waals surface area (Å²) < 4.78 is 34.3. The molecular weight excluding hydrogens is 271 g/mol. The summed E-state index contributed by atoms with van der Waals surface area (Å²) in [6.07, 6.45) is 0.372. The second-order valence-electron chi connectivity index (χ2n) is 2.17. The number of hydrogen-bond donors (Lipinski definition) is 1. The van der Waals surface area contributed by atoms with Crippen LogP contribution in [0, 0.1) is 0 Å². The molecule has 8 heteroatoms. The molecule has 0 unspecified atom stereocenters. The molecule has 0 atom stereocenters. The van der Waals surface area contributed by atoms with Crippen molar-refractivity contribution in [2.75, 3.05) is 18.1 Å². The van der Waals surface area contributed by atoms with Crippen molar-refractivity contribution in [1.82, 2.24) is 0 Å². The number of thiocarbonyl (C=S) groups is 1. The van der Waals surface area contributed by atoms with E-state index in [9.17, 15) is 8.42 Å². The SMILES string of the molecule is CCOC(=S)SCCCS(=O)(=O)O.[H-].[K+]. The summed E-state index contributed by atoms with van der Waals surface area (Å²) >= 11 is 6.06. The Morgan fingerprint density at radius 2 is 2.21 bits per heavy atom. The summed E-state index contributed by atoms with van der Waals surface area (Å²) in [6, 6.07) is 0. The van der Waals surface area contributed by atoms with E-state index in [0.717, 1.165) is 0 Å². The topological polar surface area (TPSA) is 63.6 Å².